The molecule has 0 saturated heterocycles. The Morgan fingerprint density at radius 2 is 1.56 bits per heavy atom. The Kier molecular flexibility index (Phi) is 12.1. The summed E-state index contributed by atoms with van der Waals surface area (Å²) in [5, 5.41) is 5.21. The zero-order valence-electron chi connectivity index (χ0n) is 25.5. The van der Waals surface area contributed by atoms with Crippen LogP contribution in [0, 0.1) is 0 Å². The lowest BCUT2D eigenvalue weighted by molar-refractivity contribution is -0.132. The number of rotatable bonds is 14. The molecule has 1 heterocycles. The second kappa shape index (κ2) is 15.5. The molecule has 3 aromatic rings. The summed E-state index contributed by atoms with van der Waals surface area (Å²) in [5.41, 5.74) is 4.10. The van der Waals surface area contributed by atoms with Crippen LogP contribution in [-0.4, -0.2) is 55.6 Å². The van der Waals surface area contributed by atoms with Crippen molar-refractivity contribution >= 4 is 29.0 Å². The first-order chi connectivity index (χ1) is 19.7. The molecule has 0 bridgehead atoms. The Morgan fingerprint density at radius 3 is 2.12 bits per heavy atom. The van der Waals surface area contributed by atoms with Gasteiger partial charge in [-0.05, 0) is 64.9 Å². The van der Waals surface area contributed by atoms with Crippen LogP contribution in [0.3, 0.4) is 0 Å². The third kappa shape index (κ3) is 8.73. The van der Waals surface area contributed by atoms with Crippen LogP contribution < -0.4 is 14.8 Å². The van der Waals surface area contributed by atoms with Gasteiger partial charge in [0.2, 0.25) is 5.91 Å². The van der Waals surface area contributed by atoms with Crippen molar-refractivity contribution in [3.05, 3.63) is 75.5 Å². The minimum absolute atomic E-state index is 0.0117. The van der Waals surface area contributed by atoms with E-state index in [-0.39, 0.29) is 30.3 Å². The summed E-state index contributed by atoms with van der Waals surface area (Å²) in [6.45, 7) is 12.0. The number of methoxy groups -OCH3 is 2. The molecule has 0 unspecified atom stereocenters. The second-order valence-corrected chi connectivity index (χ2v) is 11.8. The summed E-state index contributed by atoms with van der Waals surface area (Å²) in [4.78, 5) is 32.0. The summed E-state index contributed by atoms with van der Waals surface area (Å²) < 4.78 is 10.8. The fraction of sp³-hybridized carbons (Fsp3) is 0.455. The van der Waals surface area contributed by atoms with Gasteiger partial charge in [0.25, 0.3) is 0 Å². The van der Waals surface area contributed by atoms with Gasteiger partial charge >= 0.3 is 6.03 Å². The summed E-state index contributed by atoms with van der Waals surface area (Å²) in [6.07, 6.45) is 1.40. The molecule has 1 aromatic heterocycles. The van der Waals surface area contributed by atoms with E-state index in [1.807, 2.05) is 47.5 Å². The highest BCUT2D eigenvalue weighted by Gasteiger charge is 2.24. The van der Waals surface area contributed by atoms with E-state index in [9.17, 15) is 9.59 Å². The highest BCUT2D eigenvalue weighted by molar-refractivity contribution is 7.09. The van der Waals surface area contributed by atoms with Crippen LogP contribution in [-0.2, 0) is 17.8 Å². The number of urea groups is 1. The number of hydrogen-bond acceptors (Lipinski definition) is 5. The molecule has 7 nitrogen and oxygen atoms in total. The van der Waals surface area contributed by atoms with Gasteiger partial charge in [-0.3, -0.25) is 4.79 Å². The lowest BCUT2D eigenvalue weighted by Gasteiger charge is -2.29. The number of nitrogens with one attached hydrogen (secondary N) is 1. The quantitative estimate of drug-likeness (QED) is 0.214. The topological polar surface area (TPSA) is 71.1 Å². The normalized spacial score (nSPS) is 11.0. The van der Waals surface area contributed by atoms with Gasteiger partial charge < -0.3 is 24.6 Å². The van der Waals surface area contributed by atoms with E-state index in [2.05, 4.69) is 51.2 Å². The highest BCUT2D eigenvalue weighted by Crippen LogP contribution is 2.33. The molecule has 222 valence electrons. The summed E-state index contributed by atoms with van der Waals surface area (Å²) in [5.74, 6) is 1.76. The number of benzene rings is 2. The van der Waals surface area contributed by atoms with E-state index < -0.39 is 0 Å². The number of carbonyl (C=O) groups is 2. The first-order valence-electron chi connectivity index (χ1n) is 14.4. The average Bonchev–Trinajstić information content (AvgIpc) is 3.47. The predicted octanol–water partition coefficient (Wildman–Crippen LogP) is 7.53. The van der Waals surface area contributed by atoms with Gasteiger partial charge in [0, 0.05) is 23.7 Å². The van der Waals surface area contributed by atoms with E-state index in [1.165, 1.54) is 0 Å². The van der Waals surface area contributed by atoms with Crippen molar-refractivity contribution in [1.29, 1.82) is 0 Å². The van der Waals surface area contributed by atoms with Crippen LogP contribution >= 0.6 is 11.3 Å². The molecule has 0 fully saturated rings. The molecule has 0 saturated carbocycles. The molecule has 1 N–H and O–H groups in total. The van der Waals surface area contributed by atoms with Crippen LogP contribution in [0.1, 0.15) is 74.4 Å². The number of hydrogen-bond donors (Lipinski definition) is 1. The number of para-hydroxylation sites is 1. The Hall–Kier alpha value is -3.52. The second-order valence-electron chi connectivity index (χ2n) is 10.8. The van der Waals surface area contributed by atoms with Crippen molar-refractivity contribution in [2.24, 2.45) is 0 Å². The van der Waals surface area contributed by atoms with Crippen molar-refractivity contribution in [1.82, 2.24) is 9.80 Å². The largest absolute Gasteiger partial charge is 0.493 e. The van der Waals surface area contributed by atoms with E-state index in [0.717, 1.165) is 33.7 Å². The smallest absolute Gasteiger partial charge is 0.322 e. The summed E-state index contributed by atoms with van der Waals surface area (Å²) >= 11 is 1.62. The van der Waals surface area contributed by atoms with Crippen LogP contribution in [0.15, 0.2) is 53.9 Å². The van der Waals surface area contributed by atoms with Gasteiger partial charge in [-0.15, -0.1) is 11.3 Å². The van der Waals surface area contributed by atoms with Crippen molar-refractivity contribution in [2.45, 2.75) is 65.8 Å². The fourth-order valence-corrected chi connectivity index (χ4v) is 5.57. The molecular weight excluding hydrogens is 534 g/mol. The highest BCUT2D eigenvalue weighted by atomic mass is 32.1. The molecule has 8 heteroatoms. The number of amides is 3. The Morgan fingerprint density at radius 1 is 0.878 bits per heavy atom. The number of ether oxygens (including phenoxy) is 2. The van der Waals surface area contributed by atoms with Crippen molar-refractivity contribution in [3.8, 4) is 11.5 Å². The summed E-state index contributed by atoms with van der Waals surface area (Å²) in [7, 11) is 3.23. The molecule has 0 spiro atoms. The van der Waals surface area contributed by atoms with Crippen LogP contribution in [0.5, 0.6) is 11.5 Å². The van der Waals surface area contributed by atoms with Crippen molar-refractivity contribution in [3.63, 3.8) is 0 Å². The monoisotopic (exact) mass is 579 g/mol. The van der Waals surface area contributed by atoms with Gasteiger partial charge in [-0.1, -0.05) is 65.0 Å². The number of thiophene rings is 1. The molecule has 3 amide bonds. The predicted molar refractivity (Wildman–Crippen MR) is 168 cm³/mol. The van der Waals surface area contributed by atoms with Gasteiger partial charge in [0.15, 0.2) is 11.5 Å². The maximum Gasteiger partial charge on any atom is 0.322 e. The molecular formula is C33H45N3O4S. The zero-order chi connectivity index (χ0) is 29.9. The summed E-state index contributed by atoms with van der Waals surface area (Å²) in [6, 6.07) is 15.8. The molecule has 0 radical (unpaired) electrons. The molecule has 3 rings (SSSR count). The third-order valence-electron chi connectivity index (χ3n) is 7.11. The number of nitrogens with zero attached hydrogens (tertiary/aromatic N) is 2. The van der Waals surface area contributed by atoms with Crippen LogP contribution in [0.25, 0.3) is 0 Å². The van der Waals surface area contributed by atoms with Gasteiger partial charge in [0.1, 0.15) is 6.54 Å². The molecule has 0 aliphatic heterocycles. The third-order valence-corrected chi connectivity index (χ3v) is 7.97. The van der Waals surface area contributed by atoms with E-state index in [4.69, 9.17) is 9.47 Å². The molecule has 2 aromatic carbocycles. The van der Waals surface area contributed by atoms with Crippen molar-refractivity contribution in [2.75, 3.05) is 39.2 Å². The standard InChI is InChI=1S/C33H45N3O4S/c1-8-17-36(33(38)34-32-27(23(2)3)12-9-13-28(32)24(4)5)22-31(37)35(21-26-11-10-19-41-26)18-16-25-14-15-29(39-6)30(20-25)40-7/h9-15,19-20,23-24H,8,16-18,21-22H2,1-7H3,(H,34,38). The maximum absolute atomic E-state index is 13.8. The first kappa shape index (κ1) is 32.0. The van der Waals surface area contributed by atoms with E-state index in [0.29, 0.717) is 37.6 Å². The van der Waals surface area contributed by atoms with Gasteiger partial charge in [-0.25, -0.2) is 4.79 Å². The Bertz CT molecular complexity index is 1250. The fourth-order valence-electron chi connectivity index (χ4n) is 4.85. The van der Waals surface area contributed by atoms with Crippen LogP contribution in [0.2, 0.25) is 0 Å². The number of carbonyl (C=O) groups excluding carboxylic acids is 2. The van der Waals surface area contributed by atoms with E-state index in [1.54, 1.807) is 30.5 Å². The lowest BCUT2D eigenvalue weighted by atomic mass is 9.93. The average molecular weight is 580 g/mol. The minimum atomic E-state index is -0.244. The van der Waals surface area contributed by atoms with Crippen LogP contribution in [0.4, 0.5) is 10.5 Å². The molecule has 0 aliphatic carbocycles. The number of anilines is 1. The minimum Gasteiger partial charge on any atom is -0.493 e. The Balaban J connectivity index is 1.80. The first-order valence-corrected chi connectivity index (χ1v) is 15.3. The zero-order valence-corrected chi connectivity index (χ0v) is 26.3. The van der Waals surface area contributed by atoms with Gasteiger partial charge in [-0.2, -0.15) is 0 Å². The van der Waals surface area contributed by atoms with E-state index >= 15 is 0 Å². The lowest BCUT2D eigenvalue weighted by Crippen LogP contribution is -2.45. The SMILES string of the molecule is CCCN(CC(=O)N(CCc1ccc(OC)c(OC)c1)Cc1cccs1)C(=O)Nc1c(C(C)C)cccc1C(C)C. The molecule has 0 atom stereocenters. The molecule has 0 aliphatic rings. The molecule has 41 heavy (non-hydrogen) atoms. The Labute approximate surface area is 249 Å². The van der Waals surface area contributed by atoms with Crippen molar-refractivity contribution < 1.29 is 19.1 Å². The van der Waals surface area contributed by atoms with Gasteiger partial charge in [0.05, 0.1) is 20.8 Å². The maximum atomic E-state index is 13.8.